The summed E-state index contributed by atoms with van der Waals surface area (Å²) in [6.45, 7) is 6.13. The van der Waals surface area contributed by atoms with Crippen LogP contribution in [0.4, 0.5) is 0 Å². The first-order valence-electron chi connectivity index (χ1n) is 9.63. The molecule has 0 radical (unpaired) electrons. The van der Waals surface area contributed by atoms with Gasteiger partial charge in [0.25, 0.3) is 0 Å². The first-order chi connectivity index (χ1) is 13.0. The van der Waals surface area contributed by atoms with Gasteiger partial charge in [-0.25, -0.2) is 4.79 Å². The number of esters is 1. The van der Waals surface area contributed by atoms with Crippen molar-refractivity contribution in [2.75, 3.05) is 46.4 Å². The van der Waals surface area contributed by atoms with Crippen molar-refractivity contribution in [2.45, 2.75) is 31.8 Å². The monoisotopic (exact) mass is 393 g/mol. The van der Waals surface area contributed by atoms with Crippen molar-refractivity contribution in [3.63, 3.8) is 0 Å². The number of carbonyl (C=O) groups excluding carboxylic acids is 2. The first kappa shape index (κ1) is 20.1. The fourth-order valence-corrected chi connectivity index (χ4v) is 4.01. The Bertz CT molecular complexity index is 672. The lowest BCUT2D eigenvalue weighted by Gasteiger charge is -2.38. The largest absolute Gasteiger partial charge is 0.468 e. The number of amides is 1. The Morgan fingerprint density at radius 2 is 1.89 bits per heavy atom. The molecule has 1 aromatic carbocycles. The number of hydrogen-bond donors (Lipinski definition) is 0. The molecule has 1 aliphatic carbocycles. The summed E-state index contributed by atoms with van der Waals surface area (Å²) in [5.41, 5.74) is 0.765. The second kappa shape index (κ2) is 9.04. The number of carbonyl (C=O) groups is 2. The molecule has 0 aromatic heterocycles. The number of rotatable bonds is 7. The zero-order valence-corrected chi connectivity index (χ0v) is 16.8. The van der Waals surface area contributed by atoms with Gasteiger partial charge in [-0.2, -0.15) is 0 Å². The van der Waals surface area contributed by atoms with E-state index in [-0.39, 0.29) is 11.9 Å². The van der Waals surface area contributed by atoms with Gasteiger partial charge in [-0.3, -0.25) is 14.6 Å². The molecule has 27 heavy (non-hydrogen) atoms. The van der Waals surface area contributed by atoms with Crippen LogP contribution in [0.3, 0.4) is 0 Å². The Morgan fingerprint density at radius 3 is 2.44 bits per heavy atom. The molecule has 1 heterocycles. The van der Waals surface area contributed by atoms with E-state index in [1.807, 2.05) is 30.0 Å². The van der Waals surface area contributed by atoms with Gasteiger partial charge < -0.3 is 9.64 Å². The summed E-state index contributed by atoms with van der Waals surface area (Å²) in [6, 6.07) is 7.33. The van der Waals surface area contributed by atoms with Gasteiger partial charge in [0.05, 0.1) is 13.7 Å². The van der Waals surface area contributed by atoms with Crippen LogP contribution in [0.2, 0.25) is 5.02 Å². The quantitative estimate of drug-likeness (QED) is 0.664. The molecule has 0 bridgehead atoms. The fourth-order valence-electron chi connectivity index (χ4n) is 3.77. The lowest BCUT2D eigenvalue weighted by Crippen LogP contribution is -2.52. The minimum Gasteiger partial charge on any atom is -0.468 e. The van der Waals surface area contributed by atoms with Gasteiger partial charge in [0.15, 0.2) is 0 Å². The molecule has 3 rings (SSSR count). The summed E-state index contributed by atoms with van der Waals surface area (Å²) < 4.78 is 5.03. The number of hydrogen-bond acceptors (Lipinski definition) is 5. The van der Waals surface area contributed by atoms with Crippen LogP contribution in [0.1, 0.15) is 31.4 Å². The third-order valence-electron chi connectivity index (χ3n) is 5.40. The number of nitrogens with zero attached hydrogens (tertiary/aromatic N) is 3. The normalized spacial score (nSPS) is 19.5. The lowest BCUT2D eigenvalue weighted by molar-refractivity contribution is -0.148. The highest BCUT2D eigenvalue weighted by Crippen LogP contribution is 2.30. The van der Waals surface area contributed by atoms with Gasteiger partial charge >= 0.3 is 5.97 Å². The standard InChI is InChI=1S/C20H28ClN3O3/c1-3-24(15-8-9-15)18(25)14-22-10-12-23(13-11-22)19(20(26)27-2)16-6-4-5-7-17(16)21/h4-7,15,19H,3,8-14H2,1-2H3. The zero-order valence-electron chi connectivity index (χ0n) is 16.1. The van der Waals surface area contributed by atoms with Gasteiger partial charge in [0, 0.05) is 43.8 Å². The van der Waals surface area contributed by atoms with Gasteiger partial charge in [-0.1, -0.05) is 29.8 Å². The molecule has 1 saturated heterocycles. The molecule has 1 saturated carbocycles. The molecule has 7 heteroatoms. The summed E-state index contributed by atoms with van der Waals surface area (Å²) in [4.78, 5) is 31.2. The highest BCUT2D eigenvalue weighted by atomic mass is 35.5. The van der Waals surface area contributed by atoms with Crippen LogP contribution in [0, 0.1) is 0 Å². The molecule has 1 atom stereocenters. The Hall–Kier alpha value is -1.63. The average molecular weight is 394 g/mol. The van der Waals surface area contributed by atoms with Gasteiger partial charge in [0.2, 0.25) is 5.91 Å². The molecule has 6 nitrogen and oxygen atoms in total. The molecule has 148 valence electrons. The molecule has 2 fully saturated rings. The lowest BCUT2D eigenvalue weighted by atomic mass is 10.0. The topological polar surface area (TPSA) is 53.1 Å². The maximum Gasteiger partial charge on any atom is 0.327 e. The van der Waals surface area contributed by atoms with Gasteiger partial charge in [0.1, 0.15) is 6.04 Å². The summed E-state index contributed by atoms with van der Waals surface area (Å²) in [5, 5.41) is 0.563. The molecular weight excluding hydrogens is 366 g/mol. The summed E-state index contributed by atoms with van der Waals surface area (Å²) in [7, 11) is 1.40. The van der Waals surface area contributed by atoms with E-state index in [1.165, 1.54) is 7.11 Å². The Kier molecular flexibility index (Phi) is 6.73. The molecule has 1 aliphatic heterocycles. The van der Waals surface area contributed by atoms with E-state index in [0.29, 0.717) is 30.7 Å². The average Bonchev–Trinajstić information content (AvgIpc) is 3.50. The van der Waals surface area contributed by atoms with Crippen LogP contribution in [-0.2, 0) is 14.3 Å². The number of halogens is 1. The molecule has 1 unspecified atom stereocenters. The SMILES string of the molecule is CCN(C(=O)CN1CCN(C(C(=O)OC)c2ccccc2Cl)CC1)C1CC1. The van der Waals surface area contributed by atoms with Crippen LogP contribution >= 0.6 is 11.6 Å². The summed E-state index contributed by atoms with van der Waals surface area (Å²) in [6.07, 6.45) is 2.26. The Labute approximate surface area is 166 Å². The van der Waals surface area contributed by atoms with E-state index in [9.17, 15) is 9.59 Å². The van der Waals surface area contributed by atoms with Crippen molar-refractivity contribution in [2.24, 2.45) is 0 Å². The second-order valence-electron chi connectivity index (χ2n) is 7.17. The number of piperazine rings is 1. The third kappa shape index (κ3) is 4.81. The van der Waals surface area contributed by atoms with Gasteiger partial charge in [-0.05, 0) is 31.4 Å². The fraction of sp³-hybridized carbons (Fsp3) is 0.600. The van der Waals surface area contributed by atoms with Gasteiger partial charge in [-0.15, -0.1) is 0 Å². The highest BCUT2D eigenvalue weighted by molar-refractivity contribution is 6.31. The van der Waals surface area contributed by atoms with Crippen molar-refractivity contribution in [1.82, 2.24) is 14.7 Å². The van der Waals surface area contributed by atoms with Crippen LogP contribution in [0.5, 0.6) is 0 Å². The predicted molar refractivity (Wildman–Crippen MR) is 105 cm³/mol. The van der Waals surface area contributed by atoms with Crippen molar-refractivity contribution < 1.29 is 14.3 Å². The van der Waals surface area contributed by atoms with Crippen molar-refractivity contribution >= 4 is 23.5 Å². The first-order valence-corrected chi connectivity index (χ1v) is 10.0. The maximum absolute atomic E-state index is 12.5. The van der Waals surface area contributed by atoms with Crippen molar-refractivity contribution in [1.29, 1.82) is 0 Å². The van der Waals surface area contributed by atoms with E-state index in [1.54, 1.807) is 6.07 Å². The number of benzene rings is 1. The molecule has 2 aliphatic rings. The van der Waals surface area contributed by atoms with Crippen LogP contribution in [-0.4, -0.2) is 79.0 Å². The second-order valence-corrected chi connectivity index (χ2v) is 7.58. The van der Waals surface area contributed by atoms with Crippen molar-refractivity contribution in [3.05, 3.63) is 34.9 Å². The third-order valence-corrected chi connectivity index (χ3v) is 5.75. The highest BCUT2D eigenvalue weighted by Gasteiger charge is 2.35. The van der Waals surface area contributed by atoms with E-state index in [0.717, 1.165) is 38.0 Å². The molecule has 1 aromatic rings. The minimum atomic E-state index is -0.514. The van der Waals surface area contributed by atoms with Crippen molar-refractivity contribution in [3.8, 4) is 0 Å². The Morgan fingerprint density at radius 1 is 1.22 bits per heavy atom. The minimum absolute atomic E-state index is 0.212. The van der Waals surface area contributed by atoms with E-state index in [2.05, 4.69) is 9.80 Å². The predicted octanol–water partition coefficient (Wildman–Crippen LogP) is 2.18. The van der Waals surface area contributed by atoms with E-state index in [4.69, 9.17) is 16.3 Å². The summed E-state index contributed by atoms with van der Waals surface area (Å²) >= 11 is 6.33. The Balaban J connectivity index is 1.61. The number of likely N-dealkylation sites (N-methyl/N-ethyl adjacent to an activating group) is 1. The number of ether oxygens (including phenoxy) is 1. The van der Waals surface area contributed by atoms with Crippen LogP contribution in [0.25, 0.3) is 0 Å². The summed E-state index contributed by atoms with van der Waals surface area (Å²) in [5.74, 6) is -0.0948. The van der Waals surface area contributed by atoms with E-state index < -0.39 is 6.04 Å². The van der Waals surface area contributed by atoms with Crippen LogP contribution in [0.15, 0.2) is 24.3 Å². The molecule has 0 N–H and O–H groups in total. The maximum atomic E-state index is 12.5. The molecular formula is C20H28ClN3O3. The smallest absolute Gasteiger partial charge is 0.327 e. The number of methoxy groups -OCH3 is 1. The zero-order chi connectivity index (χ0) is 19.4. The molecule has 0 spiro atoms. The van der Waals surface area contributed by atoms with Crippen LogP contribution < -0.4 is 0 Å². The van der Waals surface area contributed by atoms with E-state index >= 15 is 0 Å². The molecule has 1 amide bonds.